The van der Waals surface area contributed by atoms with Gasteiger partial charge < -0.3 is 5.11 Å². The molecule has 0 fully saturated rings. The van der Waals surface area contributed by atoms with E-state index in [0.29, 0.717) is 5.03 Å². The maximum Gasteiger partial charge on any atom is 0.337 e. The molecule has 3 nitrogen and oxygen atoms in total. The van der Waals surface area contributed by atoms with Gasteiger partial charge in [0.15, 0.2) is 11.6 Å². The third-order valence-electron chi connectivity index (χ3n) is 2.39. The second kappa shape index (κ2) is 5.79. The van der Waals surface area contributed by atoms with Crippen molar-refractivity contribution >= 4 is 17.7 Å². The number of thioether (sulfide) groups is 1. The zero-order valence-corrected chi connectivity index (χ0v) is 10.5. The van der Waals surface area contributed by atoms with Crippen LogP contribution in [0.1, 0.15) is 15.9 Å². The summed E-state index contributed by atoms with van der Waals surface area (Å²) >= 11 is 1.21. The van der Waals surface area contributed by atoms with Gasteiger partial charge in [-0.25, -0.2) is 18.6 Å². The second-order valence-electron chi connectivity index (χ2n) is 3.69. The quantitative estimate of drug-likeness (QED) is 0.873. The number of nitrogens with zero attached hydrogens (tertiary/aromatic N) is 1. The molecule has 0 amide bonds. The summed E-state index contributed by atoms with van der Waals surface area (Å²) in [6.45, 7) is 0. The standard InChI is InChI=1S/C13H9F2NO2S/c14-10-3-1-2-9(12(10)15)7-19-11-5-4-8(6-16-11)13(17)18/h1-6H,7H2,(H,17,18). The van der Waals surface area contributed by atoms with Gasteiger partial charge in [-0.3, -0.25) is 0 Å². The molecule has 0 aliphatic heterocycles. The predicted octanol–water partition coefficient (Wildman–Crippen LogP) is 3.35. The molecule has 0 unspecified atom stereocenters. The number of carbonyl (C=O) groups is 1. The first kappa shape index (κ1) is 13.5. The number of aromatic nitrogens is 1. The summed E-state index contributed by atoms with van der Waals surface area (Å²) < 4.78 is 26.4. The first-order valence-corrected chi connectivity index (χ1v) is 6.31. The predicted molar refractivity (Wildman–Crippen MR) is 67.1 cm³/mol. The highest BCUT2D eigenvalue weighted by Crippen LogP contribution is 2.23. The molecule has 0 aliphatic rings. The minimum Gasteiger partial charge on any atom is -0.478 e. The molecule has 98 valence electrons. The lowest BCUT2D eigenvalue weighted by Gasteiger charge is -2.03. The van der Waals surface area contributed by atoms with E-state index in [1.807, 2.05) is 0 Å². The molecule has 1 N–H and O–H groups in total. The summed E-state index contributed by atoms with van der Waals surface area (Å²) in [7, 11) is 0. The Morgan fingerprint density at radius 3 is 2.68 bits per heavy atom. The smallest absolute Gasteiger partial charge is 0.337 e. The van der Waals surface area contributed by atoms with Crippen molar-refractivity contribution in [1.82, 2.24) is 4.98 Å². The van der Waals surface area contributed by atoms with Crippen LogP contribution in [0.2, 0.25) is 0 Å². The van der Waals surface area contributed by atoms with Crippen LogP contribution >= 0.6 is 11.8 Å². The Balaban J connectivity index is 2.06. The van der Waals surface area contributed by atoms with Crippen LogP contribution in [-0.2, 0) is 5.75 Å². The van der Waals surface area contributed by atoms with E-state index in [2.05, 4.69) is 4.98 Å². The van der Waals surface area contributed by atoms with Gasteiger partial charge in [-0.2, -0.15) is 0 Å². The molecule has 2 aromatic rings. The number of rotatable bonds is 4. The summed E-state index contributed by atoms with van der Waals surface area (Å²) in [6, 6.07) is 6.95. The van der Waals surface area contributed by atoms with E-state index in [4.69, 9.17) is 5.11 Å². The number of aromatic carboxylic acids is 1. The molecule has 0 aliphatic carbocycles. The van der Waals surface area contributed by atoms with Gasteiger partial charge in [0.2, 0.25) is 0 Å². The van der Waals surface area contributed by atoms with Crippen molar-refractivity contribution in [3.8, 4) is 0 Å². The van der Waals surface area contributed by atoms with Gasteiger partial charge in [0, 0.05) is 17.5 Å². The Hall–Kier alpha value is -1.95. The lowest BCUT2D eigenvalue weighted by Crippen LogP contribution is -1.97. The summed E-state index contributed by atoms with van der Waals surface area (Å²) in [5.41, 5.74) is 0.329. The van der Waals surface area contributed by atoms with Crippen molar-refractivity contribution < 1.29 is 18.7 Å². The third-order valence-corrected chi connectivity index (χ3v) is 3.38. The molecule has 1 heterocycles. The minimum absolute atomic E-state index is 0.0845. The number of hydrogen-bond donors (Lipinski definition) is 1. The van der Waals surface area contributed by atoms with Gasteiger partial charge >= 0.3 is 5.97 Å². The zero-order chi connectivity index (χ0) is 13.8. The second-order valence-corrected chi connectivity index (χ2v) is 4.69. The van der Waals surface area contributed by atoms with Crippen LogP contribution in [0.5, 0.6) is 0 Å². The van der Waals surface area contributed by atoms with Crippen LogP contribution in [-0.4, -0.2) is 16.1 Å². The fourth-order valence-electron chi connectivity index (χ4n) is 1.40. The highest BCUT2D eigenvalue weighted by molar-refractivity contribution is 7.98. The molecule has 0 saturated carbocycles. The zero-order valence-electron chi connectivity index (χ0n) is 9.64. The van der Waals surface area contributed by atoms with E-state index in [9.17, 15) is 13.6 Å². The first-order valence-electron chi connectivity index (χ1n) is 5.33. The highest BCUT2D eigenvalue weighted by Gasteiger charge is 2.09. The van der Waals surface area contributed by atoms with Gasteiger partial charge in [-0.1, -0.05) is 12.1 Å². The van der Waals surface area contributed by atoms with Crippen molar-refractivity contribution in [2.75, 3.05) is 0 Å². The monoisotopic (exact) mass is 281 g/mol. The van der Waals surface area contributed by atoms with E-state index in [1.54, 1.807) is 0 Å². The number of benzene rings is 1. The highest BCUT2D eigenvalue weighted by atomic mass is 32.2. The van der Waals surface area contributed by atoms with Crippen LogP contribution < -0.4 is 0 Å². The molecule has 1 aromatic heterocycles. The van der Waals surface area contributed by atoms with E-state index in [-0.39, 0.29) is 16.9 Å². The molecule has 0 atom stereocenters. The summed E-state index contributed by atoms with van der Waals surface area (Å²) in [5, 5.41) is 9.26. The Morgan fingerprint density at radius 2 is 2.05 bits per heavy atom. The Morgan fingerprint density at radius 1 is 1.26 bits per heavy atom. The van der Waals surface area contributed by atoms with Gasteiger partial charge in [0.25, 0.3) is 0 Å². The molecule has 6 heteroatoms. The molecule has 19 heavy (non-hydrogen) atoms. The molecular formula is C13H9F2NO2S. The molecular weight excluding hydrogens is 272 g/mol. The average Bonchev–Trinajstić information content (AvgIpc) is 2.41. The van der Waals surface area contributed by atoms with Crippen LogP contribution in [0.25, 0.3) is 0 Å². The van der Waals surface area contributed by atoms with E-state index in [0.717, 1.165) is 6.07 Å². The van der Waals surface area contributed by atoms with Crippen molar-refractivity contribution in [2.45, 2.75) is 10.8 Å². The largest absolute Gasteiger partial charge is 0.478 e. The minimum atomic E-state index is -1.06. The molecule has 0 spiro atoms. The number of pyridine rings is 1. The molecule has 1 aromatic carbocycles. The Labute approximate surface area is 112 Å². The number of carboxylic acids is 1. The lowest BCUT2D eigenvalue weighted by molar-refractivity contribution is 0.0696. The summed E-state index contributed by atoms with van der Waals surface area (Å²) in [5.74, 6) is -2.58. The lowest BCUT2D eigenvalue weighted by atomic mass is 10.2. The third kappa shape index (κ3) is 3.29. The van der Waals surface area contributed by atoms with Crippen molar-refractivity contribution in [3.63, 3.8) is 0 Å². The van der Waals surface area contributed by atoms with Crippen LogP contribution in [0.15, 0.2) is 41.6 Å². The van der Waals surface area contributed by atoms with E-state index in [1.165, 1.54) is 42.2 Å². The average molecular weight is 281 g/mol. The number of carboxylic acid groups (broad SMARTS) is 1. The van der Waals surface area contributed by atoms with Crippen molar-refractivity contribution in [1.29, 1.82) is 0 Å². The molecule has 0 saturated heterocycles. The van der Waals surface area contributed by atoms with Gasteiger partial charge in [0.05, 0.1) is 10.6 Å². The van der Waals surface area contributed by atoms with Crippen molar-refractivity contribution in [2.24, 2.45) is 0 Å². The molecule has 0 bridgehead atoms. The first-order chi connectivity index (χ1) is 9.08. The van der Waals surface area contributed by atoms with E-state index < -0.39 is 17.6 Å². The van der Waals surface area contributed by atoms with Crippen molar-refractivity contribution in [3.05, 3.63) is 59.3 Å². The van der Waals surface area contributed by atoms with E-state index >= 15 is 0 Å². The number of halogens is 2. The van der Waals surface area contributed by atoms with Gasteiger partial charge in [0.1, 0.15) is 0 Å². The molecule has 0 radical (unpaired) electrons. The summed E-state index contributed by atoms with van der Waals surface area (Å²) in [6.07, 6.45) is 1.23. The topological polar surface area (TPSA) is 50.2 Å². The maximum absolute atomic E-state index is 13.4. The molecule has 2 rings (SSSR count). The van der Waals surface area contributed by atoms with Crippen LogP contribution in [0.4, 0.5) is 8.78 Å². The van der Waals surface area contributed by atoms with Gasteiger partial charge in [-0.15, -0.1) is 11.8 Å². The fraction of sp³-hybridized carbons (Fsp3) is 0.0769. The number of hydrogen-bond acceptors (Lipinski definition) is 3. The Bertz CT molecular complexity index is 602. The van der Waals surface area contributed by atoms with Crippen LogP contribution in [0, 0.1) is 11.6 Å². The van der Waals surface area contributed by atoms with Gasteiger partial charge in [-0.05, 0) is 18.2 Å². The Kier molecular flexibility index (Phi) is 4.11. The normalized spacial score (nSPS) is 10.4. The van der Waals surface area contributed by atoms with Crippen LogP contribution in [0.3, 0.4) is 0 Å². The summed E-state index contributed by atoms with van der Waals surface area (Å²) in [4.78, 5) is 14.6. The maximum atomic E-state index is 13.4. The SMILES string of the molecule is O=C(O)c1ccc(SCc2cccc(F)c2F)nc1. The fourth-order valence-corrected chi connectivity index (χ4v) is 2.22.